The first-order valence-electron chi connectivity index (χ1n) is 8.00. The molecule has 0 aliphatic rings. The van der Waals surface area contributed by atoms with Crippen molar-refractivity contribution in [3.63, 3.8) is 0 Å². The lowest BCUT2D eigenvalue weighted by Gasteiger charge is -1.98. The third-order valence-corrected chi connectivity index (χ3v) is 3.33. The third kappa shape index (κ3) is 15.4. The second-order valence-electron chi connectivity index (χ2n) is 5.19. The van der Waals surface area contributed by atoms with E-state index >= 15 is 0 Å². The van der Waals surface area contributed by atoms with Crippen LogP contribution in [-0.2, 0) is 4.79 Å². The van der Waals surface area contributed by atoms with Crippen LogP contribution in [0.3, 0.4) is 0 Å². The summed E-state index contributed by atoms with van der Waals surface area (Å²) in [5.74, 6) is 0. The van der Waals surface area contributed by atoms with Gasteiger partial charge < -0.3 is 4.79 Å². The molecule has 0 saturated carbocycles. The number of carbonyl (C=O) groups excluding carboxylic acids is 1. The molecule has 0 bridgehead atoms. The zero-order chi connectivity index (χ0) is 13.3. The molecule has 0 unspecified atom stereocenters. The van der Waals surface area contributed by atoms with Crippen molar-refractivity contribution in [2.24, 2.45) is 0 Å². The molecule has 0 amide bonds. The first kappa shape index (κ1) is 17.4. The van der Waals surface area contributed by atoms with Crippen LogP contribution in [0, 0.1) is 0 Å². The van der Waals surface area contributed by atoms with E-state index < -0.39 is 0 Å². The summed E-state index contributed by atoms with van der Waals surface area (Å²) in [5, 5.41) is 0. The van der Waals surface area contributed by atoms with Crippen molar-refractivity contribution in [3.8, 4) is 0 Å². The van der Waals surface area contributed by atoms with Crippen molar-refractivity contribution in [1.29, 1.82) is 0 Å². The Hall–Kier alpha value is -0.590. The molecular weight excluding hydrogens is 220 g/mol. The van der Waals surface area contributed by atoms with Crippen LogP contribution in [-0.4, -0.2) is 6.29 Å². The van der Waals surface area contributed by atoms with Crippen molar-refractivity contribution in [3.05, 3.63) is 12.2 Å². The van der Waals surface area contributed by atoms with Gasteiger partial charge in [-0.1, -0.05) is 64.0 Å². The van der Waals surface area contributed by atoms with E-state index in [9.17, 15) is 4.79 Å². The summed E-state index contributed by atoms with van der Waals surface area (Å²) < 4.78 is 0. The van der Waals surface area contributed by atoms with Crippen LogP contribution < -0.4 is 0 Å². The molecule has 0 atom stereocenters. The van der Waals surface area contributed by atoms with Crippen molar-refractivity contribution in [2.75, 3.05) is 0 Å². The smallest absolute Gasteiger partial charge is 0.119 e. The molecule has 0 radical (unpaired) electrons. The summed E-state index contributed by atoms with van der Waals surface area (Å²) in [6.07, 6.45) is 22.1. The summed E-state index contributed by atoms with van der Waals surface area (Å²) in [6.45, 7) is 2.26. The lowest BCUT2D eigenvalue weighted by Crippen LogP contribution is -1.81. The average Bonchev–Trinajstić information content (AvgIpc) is 2.39. The zero-order valence-corrected chi connectivity index (χ0v) is 12.3. The molecule has 0 rings (SSSR count). The van der Waals surface area contributed by atoms with Gasteiger partial charge in [-0.25, -0.2) is 0 Å². The van der Waals surface area contributed by atoms with Gasteiger partial charge in [0.2, 0.25) is 0 Å². The van der Waals surface area contributed by atoms with Crippen molar-refractivity contribution < 1.29 is 4.79 Å². The molecule has 18 heavy (non-hydrogen) atoms. The molecule has 0 aromatic carbocycles. The van der Waals surface area contributed by atoms with E-state index in [4.69, 9.17) is 0 Å². The number of carbonyl (C=O) groups is 1. The van der Waals surface area contributed by atoms with E-state index in [-0.39, 0.29) is 0 Å². The third-order valence-electron chi connectivity index (χ3n) is 3.33. The molecule has 0 fully saturated rings. The molecule has 1 heteroatoms. The molecule has 1 nitrogen and oxygen atoms in total. The Morgan fingerprint density at radius 2 is 1.06 bits per heavy atom. The number of allylic oxidation sites excluding steroid dienone is 2. The van der Waals surface area contributed by atoms with Gasteiger partial charge in [-0.3, -0.25) is 0 Å². The number of unbranched alkanes of at least 4 members (excludes halogenated alkanes) is 11. The minimum absolute atomic E-state index is 0.751. The second-order valence-corrected chi connectivity index (χ2v) is 5.19. The number of hydrogen-bond donors (Lipinski definition) is 0. The molecule has 0 N–H and O–H groups in total. The largest absolute Gasteiger partial charge is 0.303 e. The Morgan fingerprint density at radius 1 is 0.611 bits per heavy atom. The van der Waals surface area contributed by atoms with Gasteiger partial charge in [0.15, 0.2) is 0 Å². The van der Waals surface area contributed by atoms with Crippen molar-refractivity contribution >= 4 is 6.29 Å². The van der Waals surface area contributed by atoms with Gasteiger partial charge in [0, 0.05) is 6.42 Å². The molecule has 0 aromatic rings. The standard InChI is InChI=1S/C17H32O/c1-2-3-4-5-6-7-8-9-10-11-12-13-14-15-16-17-18/h7-8,17H,2-6,9-16H2,1H3. The van der Waals surface area contributed by atoms with Crippen molar-refractivity contribution in [2.45, 2.75) is 90.4 Å². The predicted octanol–water partition coefficient (Wildman–Crippen LogP) is 5.83. The normalized spacial score (nSPS) is 11.2. The fourth-order valence-electron chi connectivity index (χ4n) is 2.12. The monoisotopic (exact) mass is 252 g/mol. The van der Waals surface area contributed by atoms with Gasteiger partial charge in [0.25, 0.3) is 0 Å². The Bertz CT molecular complexity index is 184. The van der Waals surface area contributed by atoms with Crippen LogP contribution in [0.15, 0.2) is 12.2 Å². The van der Waals surface area contributed by atoms with E-state index in [2.05, 4.69) is 19.1 Å². The van der Waals surface area contributed by atoms with E-state index in [1.165, 1.54) is 70.6 Å². The first-order chi connectivity index (χ1) is 8.91. The summed E-state index contributed by atoms with van der Waals surface area (Å²) in [7, 11) is 0. The zero-order valence-electron chi connectivity index (χ0n) is 12.3. The van der Waals surface area contributed by atoms with E-state index in [1.807, 2.05) is 0 Å². The van der Waals surface area contributed by atoms with Gasteiger partial charge in [-0.15, -0.1) is 0 Å². The molecule has 0 aromatic heterocycles. The molecule has 106 valence electrons. The number of rotatable bonds is 14. The molecule has 0 saturated heterocycles. The van der Waals surface area contributed by atoms with Crippen LogP contribution >= 0.6 is 0 Å². The fraction of sp³-hybridized carbons (Fsp3) is 0.824. The molecular formula is C17H32O. The Balaban J connectivity index is 3.01. The fourth-order valence-corrected chi connectivity index (χ4v) is 2.12. The van der Waals surface area contributed by atoms with Gasteiger partial charge in [-0.2, -0.15) is 0 Å². The molecule has 0 heterocycles. The predicted molar refractivity (Wildman–Crippen MR) is 80.9 cm³/mol. The van der Waals surface area contributed by atoms with Crippen molar-refractivity contribution in [1.82, 2.24) is 0 Å². The number of aldehydes is 1. The second kappa shape index (κ2) is 16.4. The van der Waals surface area contributed by atoms with Crippen LogP contribution in [0.25, 0.3) is 0 Å². The highest BCUT2D eigenvalue weighted by molar-refractivity contribution is 5.48. The van der Waals surface area contributed by atoms with Crippen LogP contribution in [0.1, 0.15) is 90.4 Å². The highest BCUT2D eigenvalue weighted by Gasteiger charge is 1.90. The summed E-state index contributed by atoms with van der Waals surface area (Å²) in [5.41, 5.74) is 0. The summed E-state index contributed by atoms with van der Waals surface area (Å²) in [4.78, 5) is 10.1. The number of hydrogen-bond acceptors (Lipinski definition) is 1. The maximum atomic E-state index is 10.1. The Kier molecular flexibility index (Phi) is 15.9. The quantitative estimate of drug-likeness (QED) is 0.216. The van der Waals surface area contributed by atoms with Crippen LogP contribution in [0.2, 0.25) is 0 Å². The van der Waals surface area contributed by atoms with Crippen LogP contribution in [0.4, 0.5) is 0 Å². The molecule has 0 spiro atoms. The minimum Gasteiger partial charge on any atom is -0.303 e. The summed E-state index contributed by atoms with van der Waals surface area (Å²) >= 11 is 0. The van der Waals surface area contributed by atoms with E-state index in [1.54, 1.807) is 0 Å². The first-order valence-corrected chi connectivity index (χ1v) is 8.00. The Morgan fingerprint density at radius 3 is 1.56 bits per heavy atom. The summed E-state index contributed by atoms with van der Waals surface area (Å²) in [6, 6.07) is 0. The van der Waals surface area contributed by atoms with Gasteiger partial charge in [0.05, 0.1) is 0 Å². The van der Waals surface area contributed by atoms with E-state index in [0.29, 0.717) is 0 Å². The maximum Gasteiger partial charge on any atom is 0.119 e. The lowest BCUT2D eigenvalue weighted by molar-refractivity contribution is -0.107. The maximum absolute atomic E-state index is 10.1. The van der Waals surface area contributed by atoms with Gasteiger partial charge >= 0.3 is 0 Å². The average molecular weight is 252 g/mol. The van der Waals surface area contributed by atoms with Gasteiger partial charge in [-0.05, 0) is 32.1 Å². The highest BCUT2D eigenvalue weighted by atomic mass is 16.1. The van der Waals surface area contributed by atoms with Gasteiger partial charge in [0.1, 0.15) is 6.29 Å². The SMILES string of the molecule is CCCCCCC=CCCCCCCCCC=O. The molecule has 0 aliphatic carbocycles. The highest BCUT2D eigenvalue weighted by Crippen LogP contribution is 2.09. The van der Waals surface area contributed by atoms with E-state index in [0.717, 1.165) is 19.1 Å². The molecule has 0 aliphatic heterocycles. The Labute approximate surface area is 114 Å². The van der Waals surface area contributed by atoms with Crippen LogP contribution in [0.5, 0.6) is 0 Å². The minimum atomic E-state index is 0.751. The lowest BCUT2D eigenvalue weighted by atomic mass is 10.1. The topological polar surface area (TPSA) is 17.1 Å².